The Labute approximate surface area is 126 Å². The van der Waals surface area contributed by atoms with Gasteiger partial charge in [0.15, 0.2) is 0 Å². The van der Waals surface area contributed by atoms with E-state index in [0.717, 1.165) is 30.5 Å². The van der Waals surface area contributed by atoms with Gasteiger partial charge in [0.2, 0.25) is 0 Å². The van der Waals surface area contributed by atoms with Crippen LogP contribution in [-0.4, -0.2) is 61.2 Å². The zero-order valence-electron chi connectivity index (χ0n) is 14.1. The van der Waals surface area contributed by atoms with Gasteiger partial charge in [0, 0.05) is 38.3 Å². The Morgan fingerprint density at radius 3 is 2.55 bits per heavy atom. The molecule has 0 aromatic carbocycles. The molecule has 1 saturated heterocycles. The lowest BCUT2D eigenvalue weighted by atomic mass is 9.78. The van der Waals surface area contributed by atoms with Crippen LogP contribution >= 0.6 is 0 Å². The van der Waals surface area contributed by atoms with Gasteiger partial charge in [-0.25, -0.2) is 0 Å². The Balaban J connectivity index is 1.86. The van der Waals surface area contributed by atoms with E-state index in [1.54, 1.807) is 0 Å². The Morgan fingerprint density at radius 2 is 1.90 bits per heavy atom. The van der Waals surface area contributed by atoms with Crippen LogP contribution < -0.4 is 5.32 Å². The zero-order chi connectivity index (χ0) is 14.5. The lowest BCUT2D eigenvalue weighted by Crippen LogP contribution is -2.54. The lowest BCUT2D eigenvalue weighted by Gasteiger charge is -2.43. The van der Waals surface area contributed by atoms with E-state index >= 15 is 0 Å². The minimum atomic E-state index is 0.729. The minimum Gasteiger partial charge on any atom is -0.314 e. The minimum absolute atomic E-state index is 0.729. The molecule has 1 aliphatic carbocycles. The van der Waals surface area contributed by atoms with Gasteiger partial charge in [-0.05, 0) is 51.1 Å². The predicted molar refractivity (Wildman–Crippen MR) is 87.1 cm³/mol. The number of piperazine rings is 1. The molecule has 3 heteroatoms. The first-order valence-electron chi connectivity index (χ1n) is 8.83. The summed E-state index contributed by atoms with van der Waals surface area (Å²) in [5.41, 5.74) is 0. The summed E-state index contributed by atoms with van der Waals surface area (Å²) in [6.45, 7) is 16.8. The van der Waals surface area contributed by atoms with Gasteiger partial charge in [0.1, 0.15) is 0 Å². The second-order valence-electron chi connectivity index (χ2n) is 7.08. The Bertz CT molecular complexity index is 281. The summed E-state index contributed by atoms with van der Waals surface area (Å²) < 4.78 is 0. The third-order valence-corrected chi connectivity index (χ3v) is 5.46. The number of hydrogen-bond donors (Lipinski definition) is 1. The number of nitrogens with one attached hydrogen (secondary N) is 1. The maximum atomic E-state index is 3.74. The number of nitrogens with zero attached hydrogens (tertiary/aromatic N) is 2. The summed E-state index contributed by atoms with van der Waals surface area (Å²) in [6, 6.07) is 1.49. The average molecular weight is 281 g/mol. The van der Waals surface area contributed by atoms with Crippen LogP contribution in [0.25, 0.3) is 0 Å². The van der Waals surface area contributed by atoms with E-state index in [0.29, 0.717) is 0 Å². The normalized spacial score (nSPS) is 37.2. The van der Waals surface area contributed by atoms with Crippen LogP contribution in [0.1, 0.15) is 47.0 Å². The van der Waals surface area contributed by atoms with Gasteiger partial charge in [-0.2, -0.15) is 0 Å². The first-order valence-corrected chi connectivity index (χ1v) is 8.83. The molecular weight excluding hydrogens is 246 g/mol. The van der Waals surface area contributed by atoms with Gasteiger partial charge >= 0.3 is 0 Å². The van der Waals surface area contributed by atoms with Gasteiger partial charge < -0.3 is 10.2 Å². The molecule has 118 valence electrons. The fraction of sp³-hybridized carbons (Fsp3) is 1.00. The molecule has 2 rings (SSSR count). The first-order chi connectivity index (χ1) is 9.63. The molecule has 0 spiro atoms. The third-order valence-electron chi connectivity index (χ3n) is 5.46. The monoisotopic (exact) mass is 281 g/mol. The van der Waals surface area contributed by atoms with Crippen molar-refractivity contribution in [3.05, 3.63) is 0 Å². The highest BCUT2D eigenvalue weighted by molar-refractivity contribution is 4.87. The van der Waals surface area contributed by atoms with Crippen molar-refractivity contribution < 1.29 is 0 Å². The van der Waals surface area contributed by atoms with Crippen molar-refractivity contribution in [2.45, 2.75) is 59.0 Å². The topological polar surface area (TPSA) is 18.5 Å². The van der Waals surface area contributed by atoms with Crippen LogP contribution in [0, 0.1) is 11.8 Å². The van der Waals surface area contributed by atoms with E-state index in [2.05, 4.69) is 42.8 Å². The van der Waals surface area contributed by atoms with E-state index in [1.165, 1.54) is 52.0 Å². The van der Waals surface area contributed by atoms with E-state index in [4.69, 9.17) is 0 Å². The quantitative estimate of drug-likeness (QED) is 0.835. The highest BCUT2D eigenvalue weighted by Gasteiger charge is 2.31. The summed E-state index contributed by atoms with van der Waals surface area (Å²) in [7, 11) is 0. The van der Waals surface area contributed by atoms with Crippen LogP contribution in [0.5, 0.6) is 0 Å². The molecule has 3 nitrogen and oxygen atoms in total. The standard InChI is InChI=1S/C17H35N3/c1-5-18-17-8-7-14(3)11-16(17)13-19-9-10-20(6-2)15(4)12-19/h14-18H,5-13H2,1-4H3. The Hall–Kier alpha value is -0.120. The molecule has 1 saturated carbocycles. The summed E-state index contributed by atoms with van der Waals surface area (Å²) in [5.74, 6) is 1.78. The molecule has 4 unspecified atom stereocenters. The first kappa shape index (κ1) is 16.3. The van der Waals surface area contributed by atoms with Crippen molar-refractivity contribution >= 4 is 0 Å². The van der Waals surface area contributed by atoms with Gasteiger partial charge in [0.05, 0.1) is 0 Å². The van der Waals surface area contributed by atoms with Crippen molar-refractivity contribution in [2.75, 3.05) is 39.3 Å². The largest absolute Gasteiger partial charge is 0.314 e. The molecule has 0 radical (unpaired) electrons. The summed E-state index contributed by atoms with van der Waals surface area (Å²) in [5, 5.41) is 3.74. The van der Waals surface area contributed by atoms with E-state index in [9.17, 15) is 0 Å². The van der Waals surface area contributed by atoms with E-state index in [-0.39, 0.29) is 0 Å². The zero-order valence-corrected chi connectivity index (χ0v) is 14.1. The van der Waals surface area contributed by atoms with Gasteiger partial charge in [-0.3, -0.25) is 4.90 Å². The van der Waals surface area contributed by atoms with Crippen molar-refractivity contribution in [1.29, 1.82) is 0 Å². The van der Waals surface area contributed by atoms with Crippen LogP contribution in [0.3, 0.4) is 0 Å². The summed E-state index contributed by atoms with van der Waals surface area (Å²) in [4.78, 5) is 5.34. The maximum Gasteiger partial charge on any atom is 0.0195 e. The highest BCUT2D eigenvalue weighted by Crippen LogP contribution is 2.30. The van der Waals surface area contributed by atoms with Crippen molar-refractivity contribution in [2.24, 2.45) is 11.8 Å². The second-order valence-corrected chi connectivity index (χ2v) is 7.08. The fourth-order valence-corrected chi connectivity index (χ4v) is 4.27. The number of likely N-dealkylation sites (N-methyl/N-ethyl adjacent to an activating group) is 1. The molecular formula is C17H35N3. The molecule has 0 aromatic heterocycles. The van der Waals surface area contributed by atoms with Crippen LogP contribution in [0.2, 0.25) is 0 Å². The van der Waals surface area contributed by atoms with Crippen LogP contribution in [-0.2, 0) is 0 Å². The molecule has 0 bridgehead atoms. The Kier molecular flexibility index (Phi) is 6.31. The SMILES string of the molecule is CCNC1CCC(C)CC1CN1CCN(CC)C(C)C1. The van der Waals surface area contributed by atoms with E-state index in [1.807, 2.05) is 0 Å². The molecule has 1 heterocycles. The molecule has 0 aromatic rings. The second kappa shape index (κ2) is 7.77. The molecule has 20 heavy (non-hydrogen) atoms. The van der Waals surface area contributed by atoms with Crippen molar-refractivity contribution in [3.63, 3.8) is 0 Å². The van der Waals surface area contributed by atoms with Gasteiger partial charge in [-0.1, -0.05) is 20.8 Å². The smallest absolute Gasteiger partial charge is 0.0195 e. The molecule has 2 fully saturated rings. The molecule has 1 N–H and O–H groups in total. The number of hydrogen-bond acceptors (Lipinski definition) is 3. The van der Waals surface area contributed by atoms with E-state index < -0.39 is 0 Å². The summed E-state index contributed by atoms with van der Waals surface area (Å²) in [6.07, 6.45) is 4.21. The third kappa shape index (κ3) is 4.19. The highest BCUT2D eigenvalue weighted by atomic mass is 15.3. The Morgan fingerprint density at radius 1 is 1.10 bits per heavy atom. The predicted octanol–water partition coefficient (Wildman–Crippen LogP) is 2.43. The van der Waals surface area contributed by atoms with Gasteiger partial charge in [-0.15, -0.1) is 0 Å². The van der Waals surface area contributed by atoms with Crippen molar-refractivity contribution in [1.82, 2.24) is 15.1 Å². The maximum absolute atomic E-state index is 3.74. The van der Waals surface area contributed by atoms with Crippen LogP contribution in [0.4, 0.5) is 0 Å². The van der Waals surface area contributed by atoms with Gasteiger partial charge in [0.25, 0.3) is 0 Å². The van der Waals surface area contributed by atoms with Crippen molar-refractivity contribution in [3.8, 4) is 0 Å². The van der Waals surface area contributed by atoms with Crippen LogP contribution in [0.15, 0.2) is 0 Å². The lowest BCUT2D eigenvalue weighted by molar-refractivity contribution is 0.0608. The summed E-state index contributed by atoms with van der Waals surface area (Å²) >= 11 is 0. The average Bonchev–Trinajstić information content (AvgIpc) is 2.42. The fourth-order valence-electron chi connectivity index (χ4n) is 4.27. The number of rotatable bonds is 5. The molecule has 1 aliphatic heterocycles. The molecule has 0 amide bonds. The molecule has 2 aliphatic rings. The molecule has 4 atom stereocenters.